The first-order valence-corrected chi connectivity index (χ1v) is 3.46. The van der Waals surface area contributed by atoms with Crippen molar-refractivity contribution in [2.45, 2.75) is 6.42 Å². The normalized spacial score (nSPS) is 23.8. The summed E-state index contributed by atoms with van der Waals surface area (Å²) < 4.78 is 0. The molecule has 1 fully saturated rings. The van der Waals surface area contributed by atoms with Crippen molar-refractivity contribution in [2.75, 3.05) is 19.6 Å². The fraction of sp³-hybridized carbons (Fsp3) is 0.667. The van der Waals surface area contributed by atoms with E-state index in [0.29, 0.717) is 13.0 Å². The molecule has 0 unspecified atom stereocenters. The predicted molar refractivity (Wildman–Crippen MR) is 36.6 cm³/mol. The van der Waals surface area contributed by atoms with Crippen molar-refractivity contribution < 1.29 is 4.79 Å². The number of aliphatic imine (C=N–C) groups is 1. The first-order chi connectivity index (χ1) is 4.88. The van der Waals surface area contributed by atoms with Crippen molar-refractivity contribution in [2.24, 2.45) is 4.99 Å². The van der Waals surface area contributed by atoms with Gasteiger partial charge in [0.25, 0.3) is 0 Å². The van der Waals surface area contributed by atoms with Gasteiger partial charge in [-0.15, -0.1) is 0 Å². The third kappa shape index (κ3) is 0.683. The Labute approximate surface area is 58.9 Å². The van der Waals surface area contributed by atoms with Gasteiger partial charge in [0.05, 0.1) is 6.54 Å². The lowest BCUT2D eigenvalue weighted by Gasteiger charge is -2.18. The van der Waals surface area contributed by atoms with Crippen LogP contribution >= 0.6 is 0 Å². The Morgan fingerprint density at radius 2 is 2.50 bits per heavy atom. The molecule has 0 atom stereocenters. The zero-order chi connectivity index (χ0) is 6.97. The lowest BCUT2D eigenvalue weighted by atomic mass is 10.3. The zero-order valence-corrected chi connectivity index (χ0v) is 5.63. The summed E-state index contributed by atoms with van der Waals surface area (Å²) in [5.74, 6) is 0.978. The third-order valence-electron chi connectivity index (χ3n) is 1.76. The summed E-state index contributed by atoms with van der Waals surface area (Å²) in [6, 6.07) is 0. The van der Waals surface area contributed by atoms with Gasteiger partial charge in [-0.1, -0.05) is 0 Å². The van der Waals surface area contributed by atoms with Crippen LogP contribution in [0.2, 0.25) is 0 Å². The maximum atomic E-state index is 11.1. The van der Waals surface area contributed by atoms with Crippen LogP contribution in [0, 0.1) is 0 Å². The molecule has 1 saturated heterocycles. The Bertz CT molecular complexity index is 199. The summed E-state index contributed by atoms with van der Waals surface area (Å²) in [7, 11) is 0. The van der Waals surface area contributed by atoms with Crippen LogP contribution in [0.25, 0.3) is 0 Å². The molecular weight excluding hydrogens is 130 g/mol. The van der Waals surface area contributed by atoms with Crippen molar-refractivity contribution >= 4 is 11.9 Å². The van der Waals surface area contributed by atoms with Crippen molar-refractivity contribution in [3.05, 3.63) is 0 Å². The number of hydrogen-bond acceptors (Lipinski definition) is 3. The van der Waals surface area contributed by atoms with Gasteiger partial charge in [-0.25, -0.2) is 0 Å². The average Bonchev–Trinajstić information content (AvgIpc) is 2.36. The molecule has 0 saturated carbocycles. The molecule has 0 bridgehead atoms. The number of nitrogens with one attached hydrogen (secondary N) is 1. The highest BCUT2D eigenvalue weighted by Crippen LogP contribution is 2.05. The smallest absolute Gasteiger partial charge is 0.231 e. The Morgan fingerprint density at radius 1 is 1.60 bits per heavy atom. The van der Waals surface area contributed by atoms with Gasteiger partial charge >= 0.3 is 0 Å². The molecule has 0 aromatic rings. The predicted octanol–water partition coefficient (Wildman–Crippen LogP) is -0.822. The molecule has 0 aliphatic carbocycles. The van der Waals surface area contributed by atoms with Crippen LogP contribution in [0.3, 0.4) is 0 Å². The number of rotatable bonds is 0. The minimum atomic E-state index is 0.204. The van der Waals surface area contributed by atoms with Gasteiger partial charge in [-0.2, -0.15) is 0 Å². The van der Waals surface area contributed by atoms with Gasteiger partial charge in [0.2, 0.25) is 11.9 Å². The molecule has 2 aliphatic rings. The van der Waals surface area contributed by atoms with E-state index in [4.69, 9.17) is 0 Å². The van der Waals surface area contributed by atoms with E-state index in [2.05, 4.69) is 10.3 Å². The highest BCUT2D eigenvalue weighted by atomic mass is 16.2. The summed E-state index contributed by atoms with van der Waals surface area (Å²) in [4.78, 5) is 16.9. The number of amides is 1. The van der Waals surface area contributed by atoms with Crippen molar-refractivity contribution in [1.29, 1.82) is 0 Å². The maximum Gasteiger partial charge on any atom is 0.231 e. The molecule has 1 N–H and O–H groups in total. The lowest BCUT2D eigenvalue weighted by Crippen LogP contribution is -2.39. The van der Waals surface area contributed by atoms with E-state index in [1.54, 1.807) is 4.90 Å². The maximum absolute atomic E-state index is 11.1. The number of fused-ring (bicyclic) bond motifs is 1. The minimum absolute atomic E-state index is 0.204. The van der Waals surface area contributed by atoms with Gasteiger partial charge in [-0.05, 0) is 0 Å². The summed E-state index contributed by atoms with van der Waals surface area (Å²) in [6.45, 7) is 2.29. The first kappa shape index (κ1) is 5.70. The molecule has 4 nitrogen and oxygen atoms in total. The van der Waals surface area contributed by atoms with Crippen LogP contribution in [0.1, 0.15) is 6.42 Å². The fourth-order valence-corrected chi connectivity index (χ4v) is 1.26. The summed E-state index contributed by atoms with van der Waals surface area (Å²) in [6.07, 6.45) is 0.575. The van der Waals surface area contributed by atoms with Gasteiger partial charge in [0, 0.05) is 19.5 Å². The Kier molecular flexibility index (Phi) is 1.12. The van der Waals surface area contributed by atoms with Crippen LogP contribution in [0.15, 0.2) is 4.99 Å². The van der Waals surface area contributed by atoms with Crippen LogP contribution in [0.5, 0.6) is 0 Å². The molecule has 2 aliphatic heterocycles. The standard InChI is InChI=1S/C6H9N3O/c10-5-1-2-7-6-8-3-4-9(5)6/h1-4H2,(H,7,8). The molecule has 0 spiro atoms. The van der Waals surface area contributed by atoms with Crippen LogP contribution < -0.4 is 5.32 Å². The highest BCUT2D eigenvalue weighted by molar-refractivity contribution is 6.00. The quantitative estimate of drug-likeness (QED) is 0.476. The van der Waals surface area contributed by atoms with Crippen LogP contribution in [-0.4, -0.2) is 36.4 Å². The SMILES string of the molecule is O=C1CCN=C2NCCN12. The van der Waals surface area contributed by atoms with E-state index < -0.39 is 0 Å². The molecule has 54 valence electrons. The molecule has 0 radical (unpaired) electrons. The lowest BCUT2D eigenvalue weighted by molar-refractivity contribution is -0.127. The number of guanidine groups is 1. The zero-order valence-electron chi connectivity index (χ0n) is 5.63. The van der Waals surface area contributed by atoms with Crippen LogP contribution in [0.4, 0.5) is 0 Å². The van der Waals surface area contributed by atoms with Crippen LogP contribution in [-0.2, 0) is 4.79 Å². The van der Waals surface area contributed by atoms with Gasteiger partial charge in [0.1, 0.15) is 0 Å². The van der Waals surface area contributed by atoms with E-state index in [0.717, 1.165) is 19.0 Å². The van der Waals surface area contributed by atoms with E-state index >= 15 is 0 Å². The number of carbonyl (C=O) groups excluding carboxylic acids is 1. The number of hydrogen-bond donors (Lipinski definition) is 1. The van der Waals surface area contributed by atoms with Crippen molar-refractivity contribution in [3.8, 4) is 0 Å². The summed E-state index contributed by atoms with van der Waals surface area (Å²) in [5, 5.41) is 3.04. The van der Waals surface area contributed by atoms with Gasteiger partial charge < -0.3 is 5.32 Å². The van der Waals surface area contributed by atoms with E-state index in [1.165, 1.54) is 0 Å². The van der Waals surface area contributed by atoms with E-state index in [1.807, 2.05) is 0 Å². The molecule has 1 amide bonds. The largest absolute Gasteiger partial charge is 0.354 e. The summed E-state index contributed by atoms with van der Waals surface area (Å²) >= 11 is 0. The third-order valence-corrected chi connectivity index (χ3v) is 1.76. The molecule has 2 rings (SSSR count). The Balaban J connectivity index is 2.26. The second-order valence-electron chi connectivity index (χ2n) is 2.43. The Morgan fingerprint density at radius 3 is 3.30 bits per heavy atom. The second-order valence-corrected chi connectivity index (χ2v) is 2.43. The monoisotopic (exact) mass is 139 g/mol. The van der Waals surface area contributed by atoms with Gasteiger partial charge in [0.15, 0.2) is 0 Å². The molecule has 0 aromatic heterocycles. The molecule has 0 aromatic carbocycles. The average molecular weight is 139 g/mol. The first-order valence-electron chi connectivity index (χ1n) is 3.46. The van der Waals surface area contributed by atoms with Gasteiger partial charge in [-0.3, -0.25) is 14.7 Å². The minimum Gasteiger partial charge on any atom is -0.354 e. The van der Waals surface area contributed by atoms with Crippen molar-refractivity contribution in [3.63, 3.8) is 0 Å². The molecule has 10 heavy (non-hydrogen) atoms. The van der Waals surface area contributed by atoms with Crippen molar-refractivity contribution in [1.82, 2.24) is 10.2 Å². The second kappa shape index (κ2) is 1.97. The molecule has 2 heterocycles. The fourth-order valence-electron chi connectivity index (χ4n) is 1.26. The van der Waals surface area contributed by atoms with E-state index in [9.17, 15) is 4.79 Å². The molecule has 4 heteroatoms. The topological polar surface area (TPSA) is 44.7 Å². The summed E-state index contributed by atoms with van der Waals surface area (Å²) in [5.41, 5.74) is 0. The number of carbonyl (C=O) groups is 1. The van der Waals surface area contributed by atoms with E-state index in [-0.39, 0.29) is 5.91 Å². The highest BCUT2D eigenvalue weighted by Gasteiger charge is 2.26. The molecular formula is C6H9N3O. The number of nitrogens with zero attached hydrogens (tertiary/aromatic N) is 2. The Hall–Kier alpha value is -1.06.